The van der Waals surface area contributed by atoms with E-state index in [1.54, 1.807) is 0 Å². The van der Waals surface area contributed by atoms with E-state index in [0.717, 1.165) is 18.8 Å². The van der Waals surface area contributed by atoms with Crippen molar-refractivity contribution in [2.75, 3.05) is 6.61 Å². The normalized spacial score (nSPS) is 12.5. The molecule has 0 aliphatic carbocycles. The maximum absolute atomic E-state index is 12.0. The lowest BCUT2D eigenvalue weighted by Crippen LogP contribution is -2.14. The minimum atomic E-state index is 0.0288. The molecule has 0 aromatic carbocycles. The van der Waals surface area contributed by atoms with Crippen molar-refractivity contribution in [1.29, 1.82) is 0 Å². The van der Waals surface area contributed by atoms with Crippen LogP contribution < -0.4 is 0 Å². The maximum Gasteiger partial charge on any atom is 0.305 e. The Morgan fingerprint density at radius 1 is 0.667 bits per heavy atom. The van der Waals surface area contributed by atoms with E-state index in [0.29, 0.717) is 18.9 Å². The number of carbonyl (C=O) groups excluding carboxylic acids is 1. The van der Waals surface area contributed by atoms with E-state index in [1.165, 1.54) is 89.9 Å². The summed E-state index contributed by atoms with van der Waals surface area (Å²) in [4.78, 5) is 12.0. The Hall–Kier alpha value is -0.530. The third-order valence-electron chi connectivity index (χ3n) is 5.57. The Balaban J connectivity index is 3.93. The van der Waals surface area contributed by atoms with Gasteiger partial charge in [-0.25, -0.2) is 0 Å². The Morgan fingerprint density at radius 2 is 1.15 bits per heavy atom. The van der Waals surface area contributed by atoms with Crippen molar-refractivity contribution in [1.82, 2.24) is 0 Å². The molecule has 0 aromatic heterocycles. The van der Waals surface area contributed by atoms with Gasteiger partial charge in [0.1, 0.15) is 0 Å². The number of esters is 1. The number of hydrogen-bond donors (Lipinski definition) is 0. The first-order chi connectivity index (χ1) is 13.1. The second-order valence-electron chi connectivity index (χ2n) is 8.95. The van der Waals surface area contributed by atoms with Gasteiger partial charge in [-0.15, -0.1) is 0 Å². The molecular weight excluding hydrogens is 332 g/mol. The second kappa shape index (κ2) is 20.2. The summed E-state index contributed by atoms with van der Waals surface area (Å²) in [6.07, 6.45) is 21.0. The van der Waals surface area contributed by atoms with Crippen molar-refractivity contribution in [3.05, 3.63) is 0 Å². The van der Waals surface area contributed by atoms with Crippen molar-refractivity contribution in [2.45, 2.75) is 137 Å². The number of unbranched alkanes of at least 4 members (excludes halogenated alkanes) is 10. The summed E-state index contributed by atoms with van der Waals surface area (Å²) in [5.74, 6) is 1.38. The molecule has 0 amide bonds. The Labute approximate surface area is 171 Å². The van der Waals surface area contributed by atoms with Gasteiger partial charge in [0.2, 0.25) is 0 Å². The highest BCUT2D eigenvalue weighted by atomic mass is 16.5. The Kier molecular flexibility index (Phi) is 19.8. The smallest absolute Gasteiger partial charge is 0.305 e. The summed E-state index contributed by atoms with van der Waals surface area (Å²) in [6, 6.07) is 0. The van der Waals surface area contributed by atoms with Gasteiger partial charge >= 0.3 is 5.97 Å². The largest absolute Gasteiger partial charge is 0.465 e. The van der Waals surface area contributed by atoms with Gasteiger partial charge < -0.3 is 4.74 Å². The van der Waals surface area contributed by atoms with Crippen LogP contribution in [0.3, 0.4) is 0 Å². The van der Waals surface area contributed by atoms with Gasteiger partial charge in [0.25, 0.3) is 0 Å². The number of ether oxygens (including phenoxy) is 1. The number of carbonyl (C=O) groups is 1. The molecule has 162 valence electrons. The fourth-order valence-corrected chi connectivity index (χ4v) is 3.67. The standard InChI is InChI=1S/C25H50O2/c1-5-7-9-11-12-16-20-24(19-15-10-8-6-2)22-27-25(26)21-17-13-14-18-23(3)4/h23-24H,5-22H2,1-4H3. The van der Waals surface area contributed by atoms with Gasteiger partial charge in [0.15, 0.2) is 0 Å². The van der Waals surface area contributed by atoms with Gasteiger partial charge in [0.05, 0.1) is 6.61 Å². The molecule has 27 heavy (non-hydrogen) atoms. The van der Waals surface area contributed by atoms with Crippen LogP contribution in [0.4, 0.5) is 0 Å². The fraction of sp³-hybridized carbons (Fsp3) is 0.960. The van der Waals surface area contributed by atoms with Gasteiger partial charge in [-0.3, -0.25) is 4.79 Å². The molecule has 0 spiro atoms. The van der Waals surface area contributed by atoms with Crippen molar-refractivity contribution in [2.24, 2.45) is 11.8 Å². The van der Waals surface area contributed by atoms with E-state index in [-0.39, 0.29) is 5.97 Å². The highest BCUT2D eigenvalue weighted by Gasteiger charge is 2.12. The molecular formula is C25H50O2. The van der Waals surface area contributed by atoms with E-state index >= 15 is 0 Å². The van der Waals surface area contributed by atoms with Gasteiger partial charge in [-0.1, -0.05) is 111 Å². The summed E-state index contributed by atoms with van der Waals surface area (Å²) in [5, 5.41) is 0. The third-order valence-corrected chi connectivity index (χ3v) is 5.57. The van der Waals surface area contributed by atoms with Crippen LogP contribution in [-0.2, 0) is 9.53 Å². The summed E-state index contributed by atoms with van der Waals surface area (Å²) in [6.45, 7) is 9.71. The van der Waals surface area contributed by atoms with Crippen LogP contribution in [0.5, 0.6) is 0 Å². The molecule has 0 aliphatic heterocycles. The van der Waals surface area contributed by atoms with Crippen LogP contribution >= 0.6 is 0 Å². The van der Waals surface area contributed by atoms with Crippen molar-refractivity contribution >= 4 is 5.97 Å². The topological polar surface area (TPSA) is 26.3 Å². The molecule has 0 N–H and O–H groups in total. The second-order valence-corrected chi connectivity index (χ2v) is 8.95. The summed E-state index contributed by atoms with van der Waals surface area (Å²) in [5.41, 5.74) is 0. The highest BCUT2D eigenvalue weighted by molar-refractivity contribution is 5.69. The molecule has 0 saturated carbocycles. The third kappa shape index (κ3) is 20.0. The maximum atomic E-state index is 12.0. The first-order valence-electron chi connectivity index (χ1n) is 12.3. The van der Waals surface area contributed by atoms with Crippen LogP contribution in [0, 0.1) is 11.8 Å². The van der Waals surface area contributed by atoms with Gasteiger partial charge in [-0.2, -0.15) is 0 Å². The molecule has 1 atom stereocenters. The molecule has 0 aromatic rings. The van der Waals surface area contributed by atoms with E-state index < -0.39 is 0 Å². The zero-order chi connectivity index (χ0) is 20.2. The summed E-state index contributed by atoms with van der Waals surface area (Å²) >= 11 is 0. The molecule has 2 heteroatoms. The van der Waals surface area contributed by atoms with E-state index in [2.05, 4.69) is 27.7 Å². The van der Waals surface area contributed by atoms with Crippen LogP contribution in [0.1, 0.15) is 137 Å². The first-order valence-corrected chi connectivity index (χ1v) is 12.3. The molecule has 2 nitrogen and oxygen atoms in total. The lowest BCUT2D eigenvalue weighted by atomic mass is 9.95. The Morgan fingerprint density at radius 3 is 1.74 bits per heavy atom. The van der Waals surface area contributed by atoms with Crippen LogP contribution in [0.15, 0.2) is 0 Å². The predicted octanol–water partition coefficient (Wildman–Crippen LogP) is 8.47. The average Bonchev–Trinajstić information content (AvgIpc) is 2.64. The lowest BCUT2D eigenvalue weighted by Gasteiger charge is -2.17. The monoisotopic (exact) mass is 382 g/mol. The molecule has 0 fully saturated rings. The number of rotatable bonds is 20. The minimum absolute atomic E-state index is 0.0288. The average molecular weight is 383 g/mol. The molecule has 1 unspecified atom stereocenters. The van der Waals surface area contributed by atoms with Gasteiger partial charge in [-0.05, 0) is 31.1 Å². The molecule has 0 heterocycles. The predicted molar refractivity (Wildman–Crippen MR) is 119 cm³/mol. The van der Waals surface area contributed by atoms with Crippen molar-refractivity contribution < 1.29 is 9.53 Å². The van der Waals surface area contributed by atoms with Gasteiger partial charge in [0, 0.05) is 6.42 Å². The summed E-state index contributed by atoms with van der Waals surface area (Å²) < 4.78 is 5.65. The van der Waals surface area contributed by atoms with Crippen LogP contribution in [-0.4, -0.2) is 12.6 Å². The lowest BCUT2D eigenvalue weighted by molar-refractivity contribution is -0.145. The fourth-order valence-electron chi connectivity index (χ4n) is 3.67. The summed E-state index contributed by atoms with van der Waals surface area (Å²) in [7, 11) is 0. The van der Waals surface area contributed by atoms with E-state index in [4.69, 9.17) is 4.74 Å². The van der Waals surface area contributed by atoms with Crippen molar-refractivity contribution in [3.8, 4) is 0 Å². The molecule has 0 rings (SSSR count). The van der Waals surface area contributed by atoms with Crippen LogP contribution in [0.25, 0.3) is 0 Å². The SMILES string of the molecule is CCCCCCCCC(CCCCCC)COC(=O)CCCCCC(C)C. The molecule has 0 saturated heterocycles. The molecule has 0 bridgehead atoms. The van der Waals surface area contributed by atoms with E-state index in [1.807, 2.05) is 0 Å². The van der Waals surface area contributed by atoms with E-state index in [9.17, 15) is 4.79 Å². The molecule has 0 aliphatic rings. The first kappa shape index (κ1) is 26.5. The zero-order valence-electron chi connectivity index (χ0n) is 19.2. The zero-order valence-corrected chi connectivity index (χ0v) is 19.2. The van der Waals surface area contributed by atoms with Crippen molar-refractivity contribution in [3.63, 3.8) is 0 Å². The minimum Gasteiger partial charge on any atom is -0.465 e. The molecule has 0 radical (unpaired) electrons. The van der Waals surface area contributed by atoms with Crippen LogP contribution in [0.2, 0.25) is 0 Å². The Bertz CT molecular complexity index is 311. The highest BCUT2D eigenvalue weighted by Crippen LogP contribution is 2.20. The number of hydrogen-bond acceptors (Lipinski definition) is 2. The quantitative estimate of drug-likeness (QED) is 0.156.